The molecule has 1 aliphatic heterocycles. The molecule has 0 spiro atoms. The van der Waals surface area contributed by atoms with Gasteiger partial charge in [0.1, 0.15) is 6.61 Å². The maximum Gasteiger partial charge on any atom is 0.410 e. The third-order valence-corrected chi connectivity index (χ3v) is 4.11. The number of carbonyl (C=O) groups excluding carboxylic acids is 1. The molecule has 1 aliphatic rings. The van der Waals surface area contributed by atoms with Gasteiger partial charge in [-0.1, -0.05) is 54.9 Å². The Balaban J connectivity index is 2.17. The van der Waals surface area contributed by atoms with Gasteiger partial charge >= 0.3 is 6.09 Å². The Morgan fingerprint density at radius 1 is 1.23 bits per heavy atom. The highest BCUT2D eigenvalue weighted by molar-refractivity contribution is 6.30. The predicted molar refractivity (Wildman–Crippen MR) is 86.9 cm³/mol. The van der Waals surface area contributed by atoms with Crippen LogP contribution in [-0.4, -0.2) is 17.5 Å². The largest absolute Gasteiger partial charge is 0.445 e. The van der Waals surface area contributed by atoms with E-state index >= 15 is 0 Å². The third kappa shape index (κ3) is 2.81. The number of hydrogen-bond donors (Lipinski definition) is 0. The maximum atomic E-state index is 12.4. The molecule has 0 saturated carbocycles. The molecule has 1 unspecified atom stereocenters. The number of amides is 1. The van der Waals surface area contributed by atoms with Gasteiger partial charge < -0.3 is 4.74 Å². The molecule has 0 bridgehead atoms. The number of nitrogens with zero attached hydrogens (tertiary/aromatic N) is 1. The minimum Gasteiger partial charge on any atom is -0.445 e. The van der Waals surface area contributed by atoms with E-state index in [0.29, 0.717) is 11.6 Å². The van der Waals surface area contributed by atoms with E-state index in [2.05, 4.69) is 6.92 Å². The number of cyclic esters (lactones) is 1. The van der Waals surface area contributed by atoms with Crippen LogP contribution in [0, 0.1) is 0 Å². The number of carbonyl (C=O) groups is 1. The van der Waals surface area contributed by atoms with Gasteiger partial charge in [0.15, 0.2) is 0 Å². The molecule has 22 heavy (non-hydrogen) atoms. The number of fused-ring (bicyclic) bond motifs is 1. The third-order valence-electron chi connectivity index (χ3n) is 3.88. The Labute approximate surface area is 135 Å². The number of rotatable bonds is 3. The molecule has 0 N–H and O–H groups in total. The van der Waals surface area contributed by atoms with Crippen molar-refractivity contribution in [3.05, 3.63) is 70.2 Å². The zero-order valence-corrected chi connectivity index (χ0v) is 13.2. The summed E-state index contributed by atoms with van der Waals surface area (Å²) in [6.07, 6.45) is 0.594. The summed E-state index contributed by atoms with van der Waals surface area (Å²) in [6, 6.07) is 15.6. The van der Waals surface area contributed by atoms with E-state index in [-0.39, 0.29) is 18.7 Å². The molecule has 0 aliphatic carbocycles. The molecule has 3 nitrogen and oxygen atoms in total. The summed E-state index contributed by atoms with van der Waals surface area (Å²) >= 11 is 6.20. The van der Waals surface area contributed by atoms with Crippen molar-refractivity contribution in [3.8, 4) is 0 Å². The molecule has 1 amide bonds. The van der Waals surface area contributed by atoms with Gasteiger partial charge in [-0.3, -0.25) is 4.90 Å². The smallest absolute Gasteiger partial charge is 0.410 e. The van der Waals surface area contributed by atoms with E-state index in [1.54, 1.807) is 4.90 Å². The summed E-state index contributed by atoms with van der Waals surface area (Å²) in [5.41, 5.74) is 3.11. The molecule has 2 aromatic carbocycles. The van der Waals surface area contributed by atoms with Gasteiger partial charge in [-0.2, -0.15) is 0 Å². The molecule has 3 rings (SSSR count). The van der Waals surface area contributed by atoms with Crippen LogP contribution >= 0.6 is 11.6 Å². The standard InChI is InChI=1S/C18H18ClNO2/c1-2-10-20-17(13-6-4-3-5-7-13)16-11-15(19)9-8-14(16)12-22-18(20)21/h3-9,11,17H,2,10,12H2,1H3. The highest BCUT2D eigenvalue weighted by atomic mass is 35.5. The van der Waals surface area contributed by atoms with E-state index in [9.17, 15) is 4.79 Å². The molecule has 4 heteroatoms. The number of halogens is 1. The molecule has 0 saturated heterocycles. The van der Waals surface area contributed by atoms with Crippen LogP contribution in [0.3, 0.4) is 0 Å². The first-order valence-corrected chi connectivity index (χ1v) is 7.85. The molecule has 1 atom stereocenters. The van der Waals surface area contributed by atoms with Gasteiger partial charge in [-0.25, -0.2) is 4.79 Å². The summed E-state index contributed by atoms with van der Waals surface area (Å²) in [6.45, 7) is 2.98. The van der Waals surface area contributed by atoms with Crippen molar-refractivity contribution < 1.29 is 9.53 Å². The van der Waals surface area contributed by atoms with Crippen molar-refractivity contribution in [3.63, 3.8) is 0 Å². The topological polar surface area (TPSA) is 29.5 Å². The van der Waals surface area contributed by atoms with E-state index in [1.807, 2.05) is 48.5 Å². The second-order valence-electron chi connectivity index (χ2n) is 5.40. The zero-order valence-electron chi connectivity index (χ0n) is 12.5. The molecule has 0 radical (unpaired) electrons. The molecule has 0 fully saturated rings. The van der Waals surface area contributed by atoms with Gasteiger partial charge in [0, 0.05) is 11.6 Å². The van der Waals surface area contributed by atoms with Gasteiger partial charge in [0.05, 0.1) is 6.04 Å². The van der Waals surface area contributed by atoms with Crippen LogP contribution < -0.4 is 0 Å². The van der Waals surface area contributed by atoms with Crippen molar-refractivity contribution in [2.24, 2.45) is 0 Å². The molecular formula is C18H18ClNO2. The van der Waals surface area contributed by atoms with Crippen molar-refractivity contribution in [1.82, 2.24) is 4.90 Å². The summed E-state index contributed by atoms with van der Waals surface area (Å²) in [7, 11) is 0. The lowest BCUT2D eigenvalue weighted by Crippen LogP contribution is -2.35. The number of benzene rings is 2. The van der Waals surface area contributed by atoms with Crippen LogP contribution in [-0.2, 0) is 11.3 Å². The van der Waals surface area contributed by atoms with Crippen LogP contribution in [0.5, 0.6) is 0 Å². The average Bonchev–Trinajstić information content (AvgIpc) is 2.66. The zero-order chi connectivity index (χ0) is 15.5. The second-order valence-corrected chi connectivity index (χ2v) is 5.84. The van der Waals surface area contributed by atoms with Crippen LogP contribution in [0.25, 0.3) is 0 Å². The fraction of sp³-hybridized carbons (Fsp3) is 0.278. The van der Waals surface area contributed by atoms with E-state index < -0.39 is 0 Å². The highest BCUT2D eigenvalue weighted by Gasteiger charge is 2.32. The molecular weight excluding hydrogens is 298 g/mol. The lowest BCUT2D eigenvalue weighted by atomic mass is 9.93. The Morgan fingerprint density at radius 3 is 2.73 bits per heavy atom. The molecule has 114 valence electrons. The fourth-order valence-corrected chi connectivity index (χ4v) is 3.08. The van der Waals surface area contributed by atoms with Crippen LogP contribution in [0.15, 0.2) is 48.5 Å². The minimum atomic E-state index is -0.275. The van der Waals surface area contributed by atoms with E-state index in [1.165, 1.54) is 0 Å². The van der Waals surface area contributed by atoms with Crippen molar-refractivity contribution in [2.45, 2.75) is 26.0 Å². The Kier molecular flexibility index (Phi) is 4.34. The van der Waals surface area contributed by atoms with E-state index in [0.717, 1.165) is 23.1 Å². The second kappa shape index (κ2) is 6.41. The maximum absolute atomic E-state index is 12.4. The Morgan fingerprint density at radius 2 is 2.00 bits per heavy atom. The summed E-state index contributed by atoms with van der Waals surface area (Å²) in [5, 5.41) is 0.672. The first-order valence-electron chi connectivity index (χ1n) is 7.47. The average molecular weight is 316 g/mol. The summed E-state index contributed by atoms with van der Waals surface area (Å²) in [5.74, 6) is 0. The Bertz CT molecular complexity index is 672. The number of hydrogen-bond acceptors (Lipinski definition) is 2. The minimum absolute atomic E-state index is 0.162. The van der Waals surface area contributed by atoms with E-state index in [4.69, 9.17) is 16.3 Å². The quantitative estimate of drug-likeness (QED) is 0.815. The Hall–Kier alpha value is -2.00. The van der Waals surface area contributed by atoms with Crippen LogP contribution in [0.1, 0.15) is 36.1 Å². The summed E-state index contributed by atoms with van der Waals surface area (Å²) < 4.78 is 5.43. The lowest BCUT2D eigenvalue weighted by Gasteiger charge is -2.30. The molecule has 1 heterocycles. The number of ether oxygens (including phenoxy) is 1. The molecule has 2 aromatic rings. The monoisotopic (exact) mass is 315 g/mol. The van der Waals surface area contributed by atoms with Crippen molar-refractivity contribution in [2.75, 3.05) is 6.54 Å². The first-order chi connectivity index (χ1) is 10.7. The van der Waals surface area contributed by atoms with Gasteiger partial charge in [-0.05, 0) is 35.2 Å². The van der Waals surface area contributed by atoms with Crippen LogP contribution in [0.2, 0.25) is 5.02 Å². The SMILES string of the molecule is CCCN1C(=O)OCc2ccc(Cl)cc2C1c1ccccc1. The summed E-state index contributed by atoms with van der Waals surface area (Å²) in [4.78, 5) is 14.2. The first kappa shape index (κ1) is 14.9. The molecule has 0 aromatic heterocycles. The van der Waals surface area contributed by atoms with Gasteiger partial charge in [0.2, 0.25) is 0 Å². The van der Waals surface area contributed by atoms with Gasteiger partial charge in [-0.15, -0.1) is 0 Å². The van der Waals surface area contributed by atoms with Crippen LogP contribution in [0.4, 0.5) is 4.79 Å². The predicted octanol–water partition coefficient (Wildman–Crippen LogP) is 4.79. The van der Waals surface area contributed by atoms with Crippen molar-refractivity contribution in [1.29, 1.82) is 0 Å². The fourth-order valence-electron chi connectivity index (χ4n) is 2.90. The highest BCUT2D eigenvalue weighted by Crippen LogP contribution is 2.35. The lowest BCUT2D eigenvalue weighted by molar-refractivity contribution is 0.0940. The van der Waals surface area contributed by atoms with Crippen molar-refractivity contribution >= 4 is 17.7 Å². The van der Waals surface area contributed by atoms with Gasteiger partial charge in [0.25, 0.3) is 0 Å². The normalized spacial score (nSPS) is 17.6.